The number of hydrogen-bond acceptors (Lipinski definition) is 7. The molecule has 226 valence electrons. The number of carboxylic acids is 2. The van der Waals surface area contributed by atoms with E-state index in [4.69, 9.17) is 16.6 Å². The van der Waals surface area contributed by atoms with E-state index in [9.17, 15) is 29.1 Å². The van der Waals surface area contributed by atoms with Crippen molar-refractivity contribution in [1.82, 2.24) is 20.9 Å². The number of carbonyl (C=O) groups excluding carboxylic acids is 3. The Hall–Kier alpha value is -3.97. The van der Waals surface area contributed by atoms with E-state index in [1.807, 2.05) is 24.3 Å². The molecule has 2 rings (SSSR count). The van der Waals surface area contributed by atoms with Gasteiger partial charge in [0.2, 0.25) is 17.7 Å². The normalized spacial score (nSPS) is 14.8. The number of aromatic amines is 1. The van der Waals surface area contributed by atoms with E-state index in [2.05, 4.69) is 20.9 Å². The van der Waals surface area contributed by atoms with Gasteiger partial charge in [0, 0.05) is 23.5 Å². The van der Waals surface area contributed by atoms with Gasteiger partial charge in [0.25, 0.3) is 0 Å². The van der Waals surface area contributed by atoms with Crippen LogP contribution in [0.15, 0.2) is 30.5 Å². The number of aliphatic carboxylic acids is 2. The van der Waals surface area contributed by atoms with Gasteiger partial charge < -0.3 is 42.6 Å². The van der Waals surface area contributed by atoms with Gasteiger partial charge in [-0.25, -0.2) is 4.79 Å². The number of benzene rings is 1. The molecule has 41 heavy (non-hydrogen) atoms. The highest BCUT2D eigenvalue weighted by atomic mass is 16.4. The number of para-hydroxylation sites is 1. The van der Waals surface area contributed by atoms with Crippen LogP contribution < -0.4 is 27.4 Å². The summed E-state index contributed by atoms with van der Waals surface area (Å²) in [6.45, 7) is 3.92. The van der Waals surface area contributed by atoms with Gasteiger partial charge in [0.1, 0.15) is 18.1 Å². The molecule has 13 heteroatoms. The number of unbranched alkanes of at least 4 members (excludes halogenated alkanes) is 1. The number of nitrogens with two attached hydrogens (primary N) is 2. The summed E-state index contributed by atoms with van der Waals surface area (Å²) in [6.07, 6.45) is 3.13. The molecular weight excluding hydrogens is 532 g/mol. The molecule has 0 saturated carbocycles. The Bertz CT molecular complexity index is 1200. The Balaban J connectivity index is 2.15. The van der Waals surface area contributed by atoms with Gasteiger partial charge in [0.05, 0.1) is 6.04 Å². The van der Waals surface area contributed by atoms with Crippen molar-refractivity contribution in [2.45, 2.75) is 83.0 Å². The predicted octanol–water partition coefficient (Wildman–Crippen LogP) is 0.617. The maximum atomic E-state index is 13.4. The fourth-order valence-electron chi connectivity index (χ4n) is 4.41. The summed E-state index contributed by atoms with van der Waals surface area (Å²) in [7, 11) is 0. The number of carbonyl (C=O) groups is 5. The van der Waals surface area contributed by atoms with Crippen LogP contribution in [0.3, 0.4) is 0 Å². The van der Waals surface area contributed by atoms with E-state index >= 15 is 0 Å². The fourth-order valence-corrected chi connectivity index (χ4v) is 4.41. The maximum absolute atomic E-state index is 13.4. The van der Waals surface area contributed by atoms with Crippen molar-refractivity contribution in [3.8, 4) is 0 Å². The third kappa shape index (κ3) is 10.2. The molecule has 0 saturated heterocycles. The fraction of sp³-hybridized carbons (Fsp3) is 0.536. The zero-order valence-corrected chi connectivity index (χ0v) is 23.5. The molecule has 5 atom stereocenters. The lowest BCUT2D eigenvalue weighted by atomic mass is 9.96. The molecule has 2 aromatic rings. The third-order valence-electron chi connectivity index (χ3n) is 7.09. The zero-order chi connectivity index (χ0) is 30.5. The first kappa shape index (κ1) is 33.2. The van der Waals surface area contributed by atoms with Crippen LogP contribution in [0.4, 0.5) is 0 Å². The molecular formula is C28H42N6O7. The average molecular weight is 575 g/mol. The molecule has 13 nitrogen and oxygen atoms in total. The summed E-state index contributed by atoms with van der Waals surface area (Å²) in [5.41, 5.74) is 13.6. The van der Waals surface area contributed by atoms with E-state index in [1.54, 1.807) is 20.0 Å². The minimum atomic E-state index is -1.44. The van der Waals surface area contributed by atoms with Crippen LogP contribution in [-0.4, -0.2) is 75.6 Å². The first-order valence-corrected chi connectivity index (χ1v) is 13.8. The second kappa shape index (κ2) is 16.3. The highest BCUT2D eigenvalue weighted by Crippen LogP contribution is 2.19. The second-order valence-electron chi connectivity index (χ2n) is 10.2. The van der Waals surface area contributed by atoms with Gasteiger partial charge in [-0.15, -0.1) is 0 Å². The van der Waals surface area contributed by atoms with Gasteiger partial charge in [-0.05, 0) is 56.2 Å². The smallest absolute Gasteiger partial charge is 0.326 e. The SMILES string of the molecule is CCC(C)C(NC(=O)C(CCCCN)NC(=O)C(N)Cc1c[nH]c2ccccc12)C(=O)NC(CCC(=O)O)C(=O)O. The number of hydrogen-bond donors (Lipinski definition) is 8. The number of aromatic nitrogens is 1. The summed E-state index contributed by atoms with van der Waals surface area (Å²) in [6, 6.07) is 3.10. The first-order chi connectivity index (χ1) is 19.5. The zero-order valence-electron chi connectivity index (χ0n) is 23.5. The Morgan fingerprint density at radius 1 is 0.927 bits per heavy atom. The number of rotatable bonds is 18. The molecule has 0 aliphatic heterocycles. The van der Waals surface area contributed by atoms with Crippen molar-refractivity contribution < 1.29 is 34.2 Å². The molecule has 0 aliphatic rings. The van der Waals surface area contributed by atoms with Crippen molar-refractivity contribution in [2.75, 3.05) is 6.54 Å². The third-order valence-corrected chi connectivity index (χ3v) is 7.09. The minimum absolute atomic E-state index is 0.234. The monoisotopic (exact) mass is 574 g/mol. The van der Waals surface area contributed by atoms with Crippen LogP contribution in [0.5, 0.6) is 0 Å². The van der Waals surface area contributed by atoms with E-state index in [-0.39, 0.29) is 19.3 Å². The predicted molar refractivity (Wildman–Crippen MR) is 153 cm³/mol. The molecule has 1 aromatic heterocycles. The summed E-state index contributed by atoms with van der Waals surface area (Å²) >= 11 is 0. The molecule has 0 radical (unpaired) electrons. The number of carboxylic acid groups (broad SMARTS) is 2. The van der Waals surface area contributed by atoms with E-state index in [1.165, 1.54) is 0 Å². The number of fused-ring (bicyclic) bond motifs is 1. The minimum Gasteiger partial charge on any atom is -0.481 e. The van der Waals surface area contributed by atoms with Crippen LogP contribution in [0, 0.1) is 5.92 Å². The van der Waals surface area contributed by atoms with Crippen molar-refractivity contribution in [1.29, 1.82) is 0 Å². The number of amides is 3. The number of nitrogens with one attached hydrogen (secondary N) is 4. The summed E-state index contributed by atoms with van der Waals surface area (Å²) in [5.74, 6) is -4.88. The molecule has 1 heterocycles. The molecule has 0 spiro atoms. The van der Waals surface area contributed by atoms with Crippen LogP contribution in [-0.2, 0) is 30.4 Å². The van der Waals surface area contributed by atoms with E-state index in [0.29, 0.717) is 25.8 Å². The largest absolute Gasteiger partial charge is 0.481 e. The van der Waals surface area contributed by atoms with Crippen molar-refractivity contribution >= 4 is 40.6 Å². The average Bonchev–Trinajstić information content (AvgIpc) is 3.34. The maximum Gasteiger partial charge on any atom is 0.326 e. The van der Waals surface area contributed by atoms with Crippen LogP contribution in [0.2, 0.25) is 0 Å². The van der Waals surface area contributed by atoms with Crippen LogP contribution >= 0.6 is 0 Å². The Labute approximate surface area is 238 Å². The van der Waals surface area contributed by atoms with Crippen molar-refractivity contribution in [2.24, 2.45) is 17.4 Å². The molecule has 0 aliphatic carbocycles. The van der Waals surface area contributed by atoms with Gasteiger partial charge >= 0.3 is 11.9 Å². The summed E-state index contributed by atoms with van der Waals surface area (Å²) in [5, 5.41) is 27.0. The highest BCUT2D eigenvalue weighted by molar-refractivity contribution is 5.94. The summed E-state index contributed by atoms with van der Waals surface area (Å²) in [4.78, 5) is 65.1. The quantitative estimate of drug-likeness (QED) is 0.116. The number of H-pyrrole nitrogens is 1. The van der Waals surface area contributed by atoms with Gasteiger partial charge in [0.15, 0.2) is 0 Å². The molecule has 0 fully saturated rings. The first-order valence-electron chi connectivity index (χ1n) is 13.8. The molecule has 3 amide bonds. The van der Waals surface area contributed by atoms with Gasteiger partial charge in [-0.3, -0.25) is 19.2 Å². The lowest BCUT2D eigenvalue weighted by Gasteiger charge is -2.28. The Morgan fingerprint density at radius 3 is 2.24 bits per heavy atom. The van der Waals surface area contributed by atoms with Crippen molar-refractivity contribution in [3.05, 3.63) is 36.0 Å². The highest BCUT2D eigenvalue weighted by Gasteiger charge is 2.33. The molecule has 1 aromatic carbocycles. The van der Waals surface area contributed by atoms with Gasteiger partial charge in [-0.2, -0.15) is 0 Å². The lowest BCUT2D eigenvalue weighted by Crippen LogP contribution is -2.58. The molecule has 10 N–H and O–H groups in total. The topological polar surface area (TPSA) is 230 Å². The van der Waals surface area contributed by atoms with Gasteiger partial charge in [-0.1, -0.05) is 38.5 Å². The Kier molecular flexibility index (Phi) is 13.2. The standard InChI is InChI=1S/C28H42N6O7/c1-3-16(2)24(27(39)33-22(28(40)41)11-12-23(35)36)34-26(38)21(10-6-7-13-29)32-25(37)19(30)14-17-15-31-20-9-5-4-8-18(17)20/h4-5,8-9,15-16,19,21-22,24,31H,3,6-7,10-14,29-30H2,1-2H3,(H,32,37)(H,33,39)(H,34,38)(H,35,36)(H,40,41). The van der Waals surface area contributed by atoms with Crippen LogP contribution in [0.1, 0.15) is 57.9 Å². The lowest BCUT2D eigenvalue weighted by molar-refractivity contribution is -0.143. The van der Waals surface area contributed by atoms with E-state index < -0.39 is 66.2 Å². The second-order valence-corrected chi connectivity index (χ2v) is 10.2. The molecule has 0 bridgehead atoms. The molecule has 5 unspecified atom stereocenters. The van der Waals surface area contributed by atoms with Crippen molar-refractivity contribution in [3.63, 3.8) is 0 Å². The summed E-state index contributed by atoms with van der Waals surface area (Å²) < 4.78 is 0. The van der Waals surface area contributed by atoms with Crippen LogP contribution in [0.25, 0.3) is 10.9 Å². The Morgan fingerprint density at radius 2 is 1.61 bits per heavy atom. The van der Waals surface area contributed by atoms with E-state index in [0.717, 1.165) is 16.5 Å².